The van der Waals surface area contributed by atoms with E-state index in [1.807, 2.05) is 82.3 Å². The molecule has 3 aromatic carbocycles. The Morgan fingerprint density at radius 2 is 1.65 bits per heavy atom. The van der Waals surface area contributed by atoms with Crippen molar-refractivity contribution in [2.45, 2.75) is 59.1 Å². The Kier molecular flexibility index (Phi) is 10.7. The lowest BCUT2D eigenvalue weighted by Gasteiger charge is -2.18. The van der Waals surface area contributed by atoms with Crippen molar-refractivity contribution >= 4 is 11.8 Å². The number of ketones is 1. The molecule has 0 radical (unpaired) electrons. The zero-order chi connectivity index (χ0) is 30.8. The fourth-order valence-electron chi connectivity index (χ4n) is 4.47. The van der Waals surface area contributed by atoms with E-state index in [0.717, 1.165) is 28.3 Å². The van der Waals surface area contributed by atoms with Crippen LogP contribution in [-0.2, 0) is 17.6 Å². The minimum Gasteiger partial charge on any atom is -0.493 e. The molecule has 0 amide bonds. The highest BCUT2D eigenvalue weighted by Crippen LogP contribution is 2.25. The Labute approximate surface area is 252 Å². The molecule has 1 atom stereocenters. The van der Waals surface area contributed by atoms with E-state index in [1.165, 1.54) is 6.08 Å². The van der Waals surface area contributed by atoms with E-state index >= 15 is 0 Å². The van der Waals surface area contributed by atoms with Gasteiger partial charge in [-0.05, 0) is 69.2 Å². The standard InChI is InChI=1S/C35H38N2O6/c1-5-28(22-33(38)26-9-7-6-8-10-26)36-32(35(39)40)21-25-11-15-29(16-12-25)41-20-19-31-24(4)43-34(37-31)27-13-17-30(18-14-27)42-23(2)3/h6-18,22-23,32,36H,5,19-21H2,1-4H3,(H,39,40)/b28-22-/t32-/m0/s1. The van der Waals surface area contributed by atoms with E-state index in [2.05, 4.69) is 10.3 Å². The van der Waals surface area contributed by atoms with Crippen LogP contribution in [-0.4, -0.2) is 40.6 Å². The summed E-state index contributed by atoms with van der Waals surface area (Å²) in [7, 11) is 0. The number of carboxylic acids is 1. The number of carbonyl (C=O) groups is 2. The van der Waals surface area contributed by atoms with Gasteiger partial charge in [-0.1, -0.05) is 49.4 Å². The second-order valence-electron chi connectivity index (χ2n) is 10.4. The third-order valence-corrected chi connectivity index (χ3v) is 6.74. The normalized spacial score (nSPS) is 12.2. The van der Waals surface area contributed by atoms with Gasteiger partial charge >= 0.3 is 5.97 Å². The van der Waals surface area contributed by atoms with Crippen LogP contribution in [0.2, 0.25) is 0 Å². The molecule has 0 bridgehead atoms. The summed E-state index contributed by atoms with van der Waals surface area (Å²) < 4.78 is 17.5. The van der Waals surface area contributed by atoms with E-state index in [0.29, 0.717) is 42.3 Å². The molecule has 0 fully saturated rings. The zero-order valence-corrected chi connectivity index (χ0v) is 25.0. The summed E-state index contributed by atoms with van der Waals surface area (Å²) in [6.07, 6.45) is 2.90. The number of nitrogens with one attached hydrogen (secondary N) is 1. The van der Waals surface area contributed by atoms with Crippen LogP contribution in [0.1, 0.15) is 54.6 Å². The monoisotopic (exact) mass is 582 g/mol. The summed E-state index contributed by atoms with van der Waals surface area (Å²) in [6.45, 7) is 8.15. The summed E-state index contributed by atoms with van der Waals surface area (Å²) in [5, 5.41) is 12.9. The highest BCUT2D eigenvalue weighted by Gasteiger charge is 2.19. The quantitative estimate of drug-likeness (QED) is 0.116. The molecule has 1 heterocycles. The number of nitrogens with zero attached hydrogens (tertiary/aromatic N) is 1. The minimum atomic E-state index is -0.992. The summed E-state index contributed by atoms with van der Waals surface area (Å²) in [6, 6.07) is 23.0. The molecular weight excluding hydrogens is 544 g/mol. The van der Waals surface area contributed by atoms with Crippen LogP contribution in [0.15, 0.2) is 95.1 Å². The van der Waals surface area contributed by atoms with Crippen molar-refractivity contribution in [2.75, 3.05) is 6.61 Å². The Hall–Kier alpha value is -4.85. The van der Waals surface area contributed by atoms with Gasteiger partial charge in [-0.25, -0.2) is 9.78 Å². The first kappa shape index (κ1) is 31.1. The van der Waals surface area contributed by atoms with Gasteiger partial charge in [0.15, 0.2) is 5.78 Å². The molecule has 0 unspecified atom stereocenters. The van der Waals surface area contributed by atoms with Crippen molar-refractivity contribution in [3.8, 4) is 23.0 Å². The van der Waals surface area contributed by atoms with Crippen LogP contribution in [0.5, 0.6) is 11.5 Å². The van der Waals surface area contributed by atoms with Crippen LogP contribution >= 0.6 is 0 Å². The van der Waals surface area contributed by atoms with Crippen molar-refractivity contribution in [2.24, 2.45) is 0 Å². The molecule has 0 saturated heterocycles. The van der Waals surface area contributed by atoms with E-state index in [4.69, 9.17) is 13.9 Å². The van der Waals surface area contributed by atoms with Gasteiger partial charge in [-0.2, -0.15) is 0 Å². The Bertz CT molecular complexity index is 1520. The predicted octanol–water partition coefficient (Wildman–Crippen LogP) is 6.82. The highest BCUT2D eigenvalue weighted by molar-refractivity contribution is 6.04. The van der Waals surface area contributed by atoms with Gasteiger partial charge in [-0.15, -0.1) is 0 Å². The number of hydrogen-bond acceptors (Lipinski definition) is 7. The van der Waals surface area contributed by atoms with Crippen molar-refractivity contribution in [3.05, 3.63) is 113 Å². The van der Waals surface area contributed by atoms with E-state index in [-0.39, 0.29) is 18.3 Å². The first-order chi connectivity index (χ1) is 20.7. The van der Waals surface area contributed by atoms with Gasteiger partial charge in [-0.3, -0.25) is 4.79 Å². The summed E-state index contributed by atoms with van der Waals surface area (Å²) in [5.74, 6) is 1.62. The van der Waals surface area contributed by atoms with Crippen LogP contribution in [0.3, 0.4) is 0 Å². The fraction of sp³-hybridized carbons (Fsp3) is 0.286. The molecule has 8 heteroatoms. The van der Waals surface area contributed by atoms with Crippen LogP contribution in [0, 0.1) is 6.92 Å². The molecule has 0 saturated carbocycles. The summed E-state index contributed by atoms with van der Waals surface area (Å²) in [5.41, 5.74) is 3.67. The van der Waals surface area contributed by atoms with Gasteiger partial charge in [0, 0.05) is 35.7 Å². The van der Waals surface area contributed by atoms with Gasteiger partial charge in [0.1, 0.15) is 23.3 Å². The number of carboxylic acid groups (broad SMARTS) is 1. The van der Waals surface area contributed by atoms with Gasteiger partial charge < -0.3 is 24.3 Å². The molecule has 0 spiro atoms. The first-order valence-electron chi connectivity index (χ1n) is 14.5. The number of aryl methyl sites for hydroxylation is 1. The summed E-state index contributed by atoms with van der Waals surface area (Å²) >= 11 is 0. The number of aliphatic carboxylic acids is 1. The second-order valence-corrected chi connectivity index (χ2v) is 10.4. The van der Waals surface area contributed by atoms with Gasteiger partial charge in [0.05, 0.1) is 18.4 Å². The minimum absolute atomic E-state index is 0.108. The molecule has 1 aromatic heterocycles. The molecule has 4 rings (SSSR count). The van der Waals surface area contributed by atoms with Crippen molar-refractivity contribution < 1.29 is 28.6 Å². The van der Waals surface area contributed by atoms with Crippen LogP contribution in [0.25, 0.3) is 11.5 Å². The van der Waals surface area contributed by atoms with Crippen LogP contribution in [0.4, 0.5) is 0 Å². The molecular formula is C35H38N2O6. The van der Waals surface area contributed by atoms with Crippen LogP contribution < -0.4 is 14.8 Å². The molecule has 43 heavy (non-hydrogen) atoms. The smallest absolute Gasteiger partial charge is 0.326 e. The maximum atomic E-state index is 12.6. The number of hydrogen-bond donors (Lipinski definition) is 2. The fourth-order valence-corrected chi connectivity index (χ4v) is 4.47. The maximum Gasteiger partial charge on any atom is 0.326 e. The molecule has 0 aliphatic heterocycles. The number of carbonyl (C=O) groups excluding carboxylic acids is 1. The van der Waals surface area contributed by atoms with E-state index < -0.39 is 12.0 Å². The van der Waals surface area contributed by atoms with Crippen molar-refractivity contribution in [1.82, 2.24) is 10.3 Å². The van der Waals surface area contributed by atoms with Gasteiger partial charge in [0.25, 0.3) is 0 Å². The summed E-state index contributed by atoms with van der Waals surface area (Å²) in [4.78, 5) is 29.2. The largest absolute Gasteiger partial charge is 0.493 e. The lowest BCUT2D eigenvalue weighted by molar-refractivity contribution is -0.139. The molecule has 2 N–H and O–H groups in total. The SMILES string of the molecule is CC/C(=C/C(=O)c1ccccc1)N[C@@H](Cc1ccc(OCCc2nc(-c3ccc(OC(C)C)cc3)oc2C)cc1)C(=O)O. The number of oxazole rings is 1. The molecule has 8 nitrogen and oxygen atoms in total. The number of rotatable bonds is 15. The Balaban J connectivity index is 1.30. The first-order valence-corrected chi connectivity index (χ1v) is 14.5. The molecule has 0 aliphatic carbocycles. The molecule has 0 aliphatic rings. The number of aromatic nitrogens is 1. The third-order valence-electron chi connectivity index (χ3n) is 6.74. The number of allylic oxidation sites excluding steroid dienone is 2. The van der Waals surface area contributed by atoms with E-state index in [1.54, 1.807) is 24.3 Å². The predicted molar refractivity (Wildman–Crippen MR) is 165 cm³/mol. The average molecular weight is 583 g/mol. The highest BCUT2D eigenvalue weighted by atomic mass is 16.5. The lowest BCUT2D eigenvalue weighted by atomic mass is 10.0. The van der Waals surface area contributed by atoms with Crippen molar-refractivity contribution in [1.29, 1.82) is 0 Å². The zero-order valence-electron chi connectivity index (χ0n) is 25.0. The lowest BCUT2D eigenvalue weighted by Crippen LogP contribution is -2.38. The number of benzene rings is 3. The third kappa shape index (κ3) is 9.07. The second kappa shape index (κ2) is 14.9. The average Bonchev–Trinajstić information content (AvgIpc) is 3.37. The topological polar surface area (TPSA) is 111 Å². The molecule has 4 aromatic rings. The van der Waals surface area contributed by atoms with Gasteiger partial charge in [0.2, 0.25) is 5.89 Å². The van der Waals surface area contributed by atoms with E-state index in [9.17, 15) is 14.7 Å². The number of ether oxygens (including phenoxy) is 2. The van der Waals surface area contributed by atoms with Crippen molar-refractivity contribution in [3.63, 3.8) is 0 Å². The Morgan fingerprint density at radius 3 is 2.28 bits per heavy atom. The maximum absolute atomic E-state index is 12.6. The molecule has 224 valence electrons. The Morgan fingerprint density at radius 1 is 0.977 bits per heavy atom.